The van der Waals surface area contributed by atoms with Crippen LogP contribution in [0.2, 0.25) is 5.02 Å². The summed E-state index contributed by atoms with van der Waals surface area (Å²) in [6.07, 6.45) is 0. The Hall–Kier alpha value is -1.08. The number of benzene rings is 2. The van der Waals surface area contributed by atoms with Gasteiger partial charge >= 0.3 is 0 Å². The lowest BCUT2D eigenvalue weighted by molar-refractivity contribution is 0.600. The van der Waals surface area contributed by atoms with Crippen molar-refractivity contribution in [3.05, 3.63) is 57.5 Å². The molecule has 20 heavy (non-hydrogen) atoms. The van der Waals surface area contributed by atoms with Crippen LogP contribution in [0.3, 0.4) is 0 Å². The molecule has 4 nitrogen and oxygen atoms in total. The molecule has 0 saturated heterocycles. The van der Waals surface area contributed by atoms with Crippen LogP contribution in [0.1, 0.15) is 5.56 Å². The van der Waals surface area contributed by atoms with Crippen molar-refractivity contribution < 1.29 is 8.42 Å². The zero-order valence-electron chi connectivity index (χ0n) is 10.3. The molecule has 2 rings (SSSR count). The molecule has 2 aromatic rings. The summed E-state index contributed by atoms with van der Waals surface area (Å²) >= 11 is 9.20. The quantitative estimate of drug-likeness (QED) is 0.860. The van der Waals surface area contributed by atoms with E-state index in [0.717, 1.165) is 0 Å². The number of hydrogen-bond donors (Lipinski definition) is 2. The third-order valence-corrected chi connectivity index (χ3v) is 5.37. The van der Waals surface area contributed by atoms with Gasteiger partial charge in [0.05, 0.1) is 15.6 Å². The van der Waals surface area contributed by atoms with E-state index < -0.39 is 10.0 Å². The molecule has 7 heteroatoms. The first-order chi connectivity index (χ1) is 9.44. The molecule has 0 aliphatic rings. The third kappa shape index (κ3) is 3.32. The monoisotopic (exact) mass is 374 g/mol. The van der Waals surface area contributed by atoms with Crippen molar-refractivity contribution in [2.75, 3.05) is 4.72 Å². The van der Waals surface area contributed by atoms with Gasteiger partial charge in [0.1, 0.15) is 0 Å². The van der Waals surface area contributed by atoms with E-state index in [1.54, 1.807) is 30.3 Å². The fraction of sp³-hybridized carbons (Fsp3) is 0.0769. The molecule has 0 aromatic heterocycles. The minimum absolute atomic E-state index is 0.151. The lowest BCUT2D eigenvalue weighted by atomic mass is 10.2. The number of rotatable bonds is 4. The van der Waals surface area contributed by atoms with Crippen molar-refractivity contribution in [2.45, 2.75) is 11.4 Å². The van der Waals surface area contributed by atoms with Gasteiger partial charge in [-0.1, -0.05) is 29.8 Å². The lowest BCUT2D eigenvalue weighted by Gasteiger charge is -2.11. The average Bonchev–Trinajstić information content (AvgIpc) is 2.42. The summed E-state index contributed by atoms with van der Waals surface area (Å²) in [7, 11) is -3.69. The van der Waals surface area contributed by atoms with Crippen molar-refractivity contribution in [3.63, 3.8) is 0 Å². The standard InChI is InChI=1S/C13H12BrClN2O2S/c14-11-6-5-10(7-12(11)15)17-20(18,19)13-4-2-1-3-9(13)8-16/h1-7,17H,8,16H2. The molecule has 0 heterocycles. The van der Waals surface area contributed by atoms with E-state index in [0.29, 0.717) is 20.7 Å². The summed E-state index contributed by atoms with van der Waals surface area (Å²) in [5.74, 6) is 0. The molecule has 0 aliphatic heterocycles. The molecule has 2 aromatic carbocycles. The van der Waals surface area contributed by atoms with E-state index >= 15 is 0 Å². The molecule has 0 aliphatic carbocycles. The Kier molecular flexibility index (Phi) is 4.70. The van der Waals surface area contributed by atoms with Crippen molar-refractivity contribution in [1.82, 2.24) is 0 Å². The van der Waals surface area contributed by atoms with Crippen LogP contribution in [0.5, 0.6) is 0 Å². The van der Waals surface area contributed by atoms with E-state index in [9.17, 15) is 8.42 Å². The second-order valence-electron chi connectivity index (χ2n) is 4.05. The van der Waals surface area contributed by atoms with Crippen LogP contribution in [0.15, 0.2) is 51.8 Å². The second-order valence-corrected chi connectivity index (χ2v) is 6.96. The van der Waals surface area contributed by atoms with Crippen LogP contribution in [-0.2, 0) is 16.6 Å². The maximum absolute atomic E-state index is 12.4. The van der Waals surface area contributed by atoms with Gasteiger partial charge in [-0.15, -0.1) is 0 Å². The zero-order valence-corrected chi connectivity index (χ0v) is 13.5. The van der Waals surface area contributed by atoms with Crippen LogP contribution in [0.4, 0.5) is 5.69 Å². The van der Waals surface area contributed by atoms with Crippen LogP contribution in [0, 0.1) is 0 Å². The first-order valence-electron chi connectivity index (χ1n) is 5.70. The van der Waals surface area contributed by atoms with Gasteiger partial charge in [-0.3, -0.25) is 4.72 Å². The molecule has 0 saturated carbocycles. The van der Waals surface area contributed by atoms with Gasteiger partial charge in [-0.05, 0) is 45.8 Å². The van der Waals surface area contributed by atoms with Crippen LogP contribution in [0.25, 0.3) is 0 Å². The molecular weight excluding hydrogens is 364 g/mol. The van der Waals surface area contributed by atoms with E-state index in [1.165, 1.54) is 12.1 Å². The summed E-state index contributed by atoms with van der Waals surface area (Å²) < 4.78 is 27.9. The Balaban J connectivity index is 2.38. The van der Waals surface area contributed by atoms with E-state index in [-0.39, 0.29) is 11.4 Å². The van der Waals surface area contributed by atoms with Gasteiger partial charge in [-0.2, -0.15) is 0 Å². The number of hydrogen-bond acceptors (Lipinski definition) is 3. The molecular formula is C13H12BrClN2O2S. The second kappa shape index (κ2) is 6.13. The number of nitrogens with one attached hydrogen (secondary N) is 1. The summed E-state index contributed by atoms with van der Waals surface area (Å²) in [5.41, 5.74) is 6.52. The third-order valence-electron chi connectivity index (χ3n) is 2.65. The van der Waals surface area contributed by atoms with E-state index in [1.807, 2.05) is 0 Å². The SMILES string of the molecule is NCc1ccccc1S(=O)(=O)Nc1ccc(Br)c(Cl)c1. The largest absolute Gasteiger partial charge is 0.326 e. The predicted octanol–water partition coefficient (Wildman–Crippen LogP) is 3.36. The molecule has 0 spiro atoms. The molecule has 0 amide bonds. The Labute approximate surface area is 131 Å². The molecule has 0 atom stereocenters. The van der Waals surface area contributed by atoms with Gasteiger partial charge in [0.25, 0.3) is 10.0 Å². The van der Waals surface area contributed by atoms with E-state index in [4.69, 9.17) is 17.3 Å². The Morgan fingerprint density at radius 2 is 1.90 bits per heavy atom. The number of anilines is 1. The fourth-order valence-electron chi connectivity index (χ4n) is 1.70. The minimum Gasteiger partial charge on any atom is -0.326 e. The fourth-order valence-corrected chi connectivity index (χ4v) is 3.43. The van der Waals surface area contributed by atoms with Gasteiger partial charge < -0.3 is 5.73 Å². The maximum atomic E-state index is 12.4. The van der Waals surface area contributed by atoms with Crippen molar-refractivity contribution >= 4 is 43.2 Å². The zero-order chi connectivity index (χ0) is 14.8. The lowest BCUT2D eigenvalue weighted by Crippen LogP contribution is -2.16. The highest BCUT2D eigenvalue weighted by atomic mass is 79.9. The Morgan fingerprint density at radius 1 is 1.20 bits per heavy atom. The molecule has 0 unspecified atom stereocenters. The maximum Gasteiger partial charge on any atom is 0.262 e. The minimum atomic E-state index is -3.69. The first kappa shape index (κ1) is 15.3. The average molecular weight is 376 g/mol. The van der Waals surface area contributed by atoms with Gasteiger partial charge in [-0.25, -0.2) is 8.42 Å². The summed E-state index contributed by atoms with van der Waals surface area (Å²) in [6, 6.07) is 11.4. The predicted molar refractivity (Wildman–Crippen MR) is 84.3 cm³/mol. The highest BCUT2D eigenvalue weighted by molar-refractivity contribution is 9.10. The summed E-state index contributed by atoms with van der Waals surface area (Å²) in [4.78, 5) is 0.168. The molecule has 106 valence electrons. The van der Waals surface area contributed by atoms with Crippen molar-refractivity contribution in [3.8, 4) is 0 Å². The normalized spacial score (nSPS) is 11.3. The molecule has 3 N–H and O–H groups in total. The van der Waals surface area contributed by atoms with Gasteiger partial charge in [0, 0.05) is 11.0 Å². The first-order valence-corrected chi connectivity index (χ1v) is 8.35. The highest BCUT2D eigenvalue weighted by Gasteiger charge is 2.17. The molecule has 0 fully saturated rings. The van der Waals surface area contributed by atoms with Crippen molar-refractivity contribution in [1.29, 1.82) is 0 Å². The Morgan fingerprint density at radius 3 is 2.55 bits per heavy atom. The van der Waals surface area contributed by atoms with Gasteiger partial charge in [0.15, 0.2) is 0 Å². The van der Waals surface area contributed by atoms with Gasteiger partial charge in [0.2, 0.25) is 0 Å². The smallest absolute Gasteiger partial charge is 0.262 e. The van der Waals surface area contributed by atoms with Crippen LogP contribution < -0.4 is 10.5 Å². The summed E-state index contributed by atoms with van der Waals surface area (Å²) in [6.45, 7) is 0.151. The van der Waals surface area contributed by atoms with Crippen molar-refractivity contribution in [2.24, 2.45) is 5.73 Å². The Bertz CT molecular complexity index is 735. The van der Waals surface area contributed by atoms with E-state index in [2.05, 4.69) is 20.7 Å². The molecule has 0 radical (unpaired) electrons. The highest BCUT2D eigenvalue weighted by Crippen LogP contribution is 2.27. The number of sulfonamides is 1. The number of halogens is 2. The van der Waals surface area contributed by atoms with Crippen LogP contribution >= 0.6 is 27.5 Å². The summed E-state index contributed by atoms with van der Waals surface area (Å²) in [5, 5.41) is 0.428. The van der Waals surface area contributed by atoms with Crippen LogP contribution in [-0.4, -0.2) is 8.42 Å². The number of nitrogens with two attached hydrogens (primary N) is 1. The molecule has 0 bridgehead atoms. The topological polar surface area (TPSA) is 72.2 Å².